The van der Waals surface area contributed by atoms with Crippen LogP contribution in [0.5, 0.6) is 0 Å². The van der Waals surface area contributed by atoms with Crippen LogP contribution in [0.2, 0.25) is 0 Å². The standard InChI is InChI=1S/C12H23B2O4.Li/c1-2-3-4-7-12(13-15-8-5-9-16-13)14-17-10-6-11-18-14;/h2-11H2,1H3;/q-1;+1. The Balaban J connectivity index is 0.00000180. The van der Waals surface area contributed by atoms with Crippen molar-refractivity contribution in [1.82, 2.24) is 0 Å². The van der Waals surface area contributed by atoms with Gasteiger partial charge in [0.1, 0.15) is 0 Å². The SMILES string of the molecule is CCCCC[C-](B1OCCCO1)B1OCCCO1.[Li+]. The van der Waals surface area contributed by atoms with Gasteiger partial charge in [0, 0.05) is 26.4 Å². The average Bonchev–Trinajstić information content (AvgIpc) is 2.46. The van der Waals surface area contributed by atoms with Gasteiger partial charge in [-0.25, -0.2) is 5.72 Å². The molecule has 2 heterocycles. The monoisotopic (exact) mass is 260 g/mol. The molecule has 0 aromatic carbocycles. The molecule has 0 amide bonds. The molecule has 0 spiro atoms. The summed E-state index contributed by atoms with van der Waals surface area (Å²) in [6, 6.07) is 0. The second-order valence-corrected chi connectivity index (χ2v) is 4.89. The van der Waals surface area contributed by atoms with Gasteiger partial charge in [-0.2, -0.15) is 6.42 Å². The summed E-state index contributed by atoms with van der Waals surface area (Å²) in [4.78, 5) is 0. The van der Waals surface area contributed by atoms with Crippen LogP contribution < -0.4 is 18.9 Å². The normalized spacial score (nSPS) is 20.5. The van der Waals surface area contributed by atoms with Crippen molar-refractivity contribution in [2.24, 2.45) is 0 Å². The minimum absolute atomic E-state index is 0. The van der Waals surface area contributed by atoms with Crippen LogP contribution in [-0.2, 0) is 18.6 Å². The molecule has 0 N–H and O–H groups in total. The third kappa shape index (κ3) is 5.83. The molecule has 0 aliphatic carbocycles. The second kappa shape index (κ2) is 10.3. The quantitative estimate of drug-likeness (QED) is 0.351. The number of hydrogen-bond donors (Lipinski definition) is 0. The maximum absolute atomic E-state index is 5.70. The maximum atomic E-state index is 5.70. The summed E-state index contributed by atoms with van der Waals surface area (Å²) >= 11 is 0. The van der Waals surface area contributed by atoms with Crippen LogP contribution in [0.4, 0.5) is 0 Å². The summed E-state index contributed by atoms with van der Waals surface area (Å²) in [6.45, 7) is 5.30. The second-order valence-electron chi connectivity index (χ2n) is 4.89. The third-order valence-corrected chi connectivity index (χ3v) is 3.33. The molecular formula is C12H23B2LiO4. The molecule has 19 heavy (non-hydrogen) atoms. The van der Waals surface area contributed by atoms with Gasteiger partial charge in [-0.1, -0.05) is 26.2 Å². The number of hydrogen-bond acceptors (Lipinski definition) is 4. The molecule has 0 aromatic rings. The first-order valence-corrected chi connectivity index (χ1v) is 7.24. The van der Waals surface area contributed by atoms with Crippen molar-refractivity contribution in [2.75, 3.05) is 26.4 Å². The minimum Gasteiger partial charge on any atom is -0.437 e. The van der Waals surface area contributed by atoms with Crippen molar-refractivity contribution in [3.8, 4) is 0 Å². The van der Waals surface area contributed by atoms with E-state index in [0.717, 1.165) is 57.8 Å². The van der Waals surface area contributed by atoms with Crippen LogP contribution >= 0.6 is 0 Å². The van der Waals surface area contributed by atoms with Gasteiger partial charge in [0.2, 0.25) is 0 Å². The van der Waals surface area contributed by atoms with Gasteiger partial charge in [0.05, 0.1) is 0 Å². The van der Waals surface area contributed by atoms with E-state index in [1.54, 1.807) is 0 Å². The molecule has 0 atom stereocenters. The predicted molar refractivity (Wildman–Crippen MR) is 71.9 cm³/mol. The fourth-order valence-electron chi connectivity index (χ4n) is 2.33. The van der Waals surface area contributed by atoms with Crippen LogP contribution in [0.1, 0.15) is 45.4 Å². The Morgan fingerprint density at radius 2 is 1.32 bits per heavy atom. The van der Waals surface area contributed by atoms with Gasteiger partial charge >= 0.3 is 18.9 Å². The summed E-state index contributed by atoms with van der Waals surface area (Å²) in [5.74, 6) is 0. The van der Waals surface area contributed by atoms with Gasteiger partial charge in [-0.3, -0.25) is 0 Å². The molecule has 2 aliphatic rings. The van der Waals surface area contributed by atoms with E-state index in [0.29, 0.717) is 0 Å². The fraction of sp³-hybridized carbons (Fsp3) is 0.917. The van der Waals surface area contributed by atoms with Crippen molar-refractivity contribution in [2.45, 2.75) is 45.4 Å². The van der Waals surface area contributed by atoms with Crippen LogP contribution in [-0.4, -0.2) is 40.7 Å². The zero-order valence-corrected chi connectivity index (χ0v) is 12.4. The van der Waals surface area contributed by atoms with Gasteiger partial charge in [0.25, 0.3) is 14.2 Å². The van der Waals surface area contributed by atoms with Crippen LogP contribution in [0, 0.1) is 5.72 Å². The molecule has 102 valence electrons. The van der Waals surface area contributed by atoms with E-state index in [1.807, 2.05) is 0 Å². The van der Waals surface area contributed by atoms with Crippen molar-refractivity contribution in [1.29, 1.82) is 0 Å². The Morgan fingerprint density at radius 3 is 1.74 bits per heavy atom. The smallest absolute Gasteiger partial charge is 0.437 e. The van der Waals surface area contributed by atoms with Crippen molar-refractivity contribution >= 4 is 14.2 Å². The molecule has 0 unspecified atom stereocenters. The number of unbranched alkanes of at least 4 members (excludes halogenated alkanes) is 2. The van der Waals surface area contributed by atoms with E-state index in [4.69, 9.17) is 18.6 Å². The van der Waals surface area contributed by atoms with E-state index in [-0.39, 0.29) is 33.1 Å². The summed E-state index contributed by atoms with van der Waals surface area (Å²) in [7, 11) is -0.447. The Labute approximate surface area is 129 Å². The van der Waals surface area contributed by atoms with Gasteiger partial charge in [-0.05, 0) is 12.8 Å². The Morgan fingerprint density at radius 1 is 0.842 bits per heavy atom. The van der Waals surface area contributed by atoms with E-state index in [2.05, 4.69) is 6.92 Å². The fourth-order valence-corrected chi connectivity index (χ4v) is 2.33. The summed E-state index contributed by atoms with van der Waals surface area (Å²) < 4.78 is 22.8. The summed E-state index contributed by atoms with van der Waals surface area (Å²) in [6.07, 6.45) is 6.52. The molecule has 0 radical (unpaired) electrons. The molecule has 2 aliphatic heterocycles. The van der Waals surface area contributed by atoms with Crippen LogP contribution in [0.3, 0.4) is 0 Å². The third-order valence-electron chi connectivity index (χ3n) is 3.33. The van der Waals surface area contributed by atoms with E-state index >= 15 is 0 Å². The first-order chi connectivity index (χ1) is 8.92. The zero-order chi connectivity index (χ0) is 12.6. The van der Waals surface area contributed by atoms with E-state index in [1.165, 1.54) is 12.8 Å². The largest absolute Gasteiger partial charge is 1.00 e. The molecule has 0 bridgehead atoms. The Bertz CT molecular complexity index is 206. The van der Waals surface area contributed by atoms with Gasteiger partial charge in [-0.15, -0.1) is 0 Å². The molecule has 2 rings (SSSR count). The summed E-state index contributed by atoms with van der Waals surface area (Å²) in [5, 5.41) is 0. The Kier molecular flexibility index (Phi) is 9.57. The minimum atomic E-state index is -0.223. The molecule has 4 nitrogen and oxygen atoms in total. The van der Waals surface area contributed by atoms with Crippen molar-refractivity contribution in [3.63, 3.8) is 0 Å². The Hall–Kier alpha value is 0.567. The predicted octanol–water partition coefficient (Wildman–Crippen LogP) is -0.926. The molecule has 2 saturated heterocycles. The van der Waals surface area contributed by atoms with Gasteiger partial charge < -0.3 is 18.6 Å². The van der Waals surface area contributed by atoms with Crippen molar-refractivity contribution in [3.05, 3.63) is 5.72 Å². The van der Waals surface area contributed by atoms with Gasteiger partial charge in [0.15, 0.2) is 0 Å². The summed E-state index contributed by atoms with van der Waals surface area (Å²) in [5.41, 5.74) is 1.14. The van der Waals surface area contributed by atoms with E-state index in [9.17, 15) is 0 Å². The molecular weight excluding hydrogens is 237 g/mol. The van der Waals surface area contributed by atoms with Crippen molar-refractivity contribution < 1.29 is 37.5 Å². The topological polar surface area (TPSA) is 36.9 Å². The molecule has 7 heteroatoms. The van der Waals surface area contributed by atoms with E-state index < -0.39 is 0 Å². The first kappa shape index (κ1) is 17.6. The average molecular weight is 260 g/mol. The molecule has 0 aromatic heterocycles. The van der Waals surface area contributed by atoms with Crippen LogP contribution in [0.15, 0.2) is 0 Å². The molecule has 2 fully saturated rings. The number of rotatable bonds is 6. The molecule has 0 saturated carbocycles. The maximum Gasteiger partial charge on any atom is 1.00 e. The van der Waals surface area contributed by atoms with Crippen LogP contribution in [0.25, 0.3) is 0 Å². The zero-order valence-electron chi connectivity index (χ0n) is 12.4. The first-order valence-electron chi connectivity index (χ1n) is 7.24.